The predicted molar refractivity (Wildman–Crippen MR) is 86.2 cm³/mol. The minimum atomic E-state index is -0.888. The third-order valence-electron chi connectivity index (χ3n) is 2.43. The Bertz CT molecular complexity index is 688. The van der Waals surface area contributed by atoms with Crippen LogP contribution in [-0.4, -0.2) is 36.0 Å². The molecule has 1 aromatic carbocycles. The maximum atomic E-state index is 11.7. The Morgan fingerprint density at radius 1 is 1.25 bits per heavy atom. The largest absolute Gasteiger partial charge is 0.463 e. The Morgan fingerprint density at radius 2 is 1.88 bits per heavy atom. The van der Waals surface area contributed by atoms with Gasteiger partial charge >= 0.3 is 11.9 Å². The molecule has 1 rings (SSSR count). The lowest BCUT2D eigenvalue weighted by Crippen LogP contribution is -2.20. The molecule has 9 nitrogen and oxygen atoms in total. The number of non-ortho nitro benzene ring substituents is 1. The molecular formula is C14H13BrN2O7. The van der Waals surface area contributed by atoms with Crippen molar-refractivity contribution in [3.05, 3.63) is 44.9 Å². The average molecular weight is 401 g/mol. The van der Waals surface area contributed by atoms with E-state index in [4.69, 9.17) is 0 Å². The number of halogens is 1. The van der Waals surface area contributed by atoms with E-state index in [0.29, 0.717) is 4.47 Å². The average Bonchev–Trinajstić information content (AvgIpc) is 2.53. The molecule has 24 heavy (non-hydrogen) atoms. The van der Waals surface area contributed by atoms with Gasteiger partial charge in [0.25, 0.3) is 11.6 Å². The van der Waals surface area contributed by atoms with Crippen LogP contribution in [0.4, 0.5) is 11.4 Å². The lowest BCUT2D eigenvalue weighted by molar-refractivity contribution is -0.384. The third kappa shape index (κ3) is 6.57. The normalized spacial score (nSPS) is 10.2. The molecule has 1 amide bonds. The second-order valence-electron chi connectivity index (χ2n) is 4.16. The van der Waals surface area contributed by atoms with Gasteiger partial charge in [-0.15, -0.1) is 0 Å². The van der Waals surface area contributed by atoms with Crippen LogP contribution in [-0.2, 0) is 23.9 Å². The van der Waals surface area contributed by atoms with E-state index in [1.807, 2.05) is 0 Å². The van der Waals surface area contributed by atoms with E-state index in [1.165, 1.54) is 18.2 Å². The van der Waals surface area contributed by atoms with Crippen LogP contribution in [0.2, 0.25) is 0 Å². The Morgan fingerprint density at radius 3 is 2.42 bits per heavy atom. The maximum Gasteiger partial charge on any atom is 0.331 e. The van der Waals surface area contributed by atoms with Crippen molar-refractivity contribution < 1.29 is 28.8 Å². The second-order valence-corrected chi connectivity index (χ2v) is 5.02. The molecule has 0 saturated heterocycles. The molecule has 0 saturated carbocycles. The number of hydrogen-bond donors (Lipinski definition) is 1. The highest BCUT2D eigenvalue weighted by Crippen LogP contribution is 2.26. The van der Waals surface area contributed by atoms with Crippen molar-refractivity contribution in [2.45, 2.75) is 6.92 Å². The van der Waals surface area contributed by atoms with Gasteiger partial charge in [-0.2, -0.15) is 0 Å². The molecule has 128 valence electrons. The number of carbonyl (C=O) groups is 3. The summed E-state index contributed by atoms with van der Waals surface area (Å²) in [5.41, 5.74) is 0.138. The van der Waals surface area contributed by atoms with Gasteiger partial charge in [0, 0.05) is 28.8 Å². The topological polar surface area (TPSA) is 125 Å². The molecule has 10 heteroatoms. The number of rotatable bonds is 7. The van der Waals surface area contributed by atoms with Gasteiger partial charge in [-0.25, -0.2) is 9.59 Å². The third-order valence-corrected chi connectivity index (χ3v) is 3.08. The number of nitro benzene ring substituents is 1. The van der Waals surface area contributed by atoms with Crippen LogP contribution >= 0.6 is 15.9 Å². The van der Waals surface area contributed by atoms with E-state index in [9.17, 15) is 24.5 Å². The van der Waals surface area contributed by atoms with Crippen molar-refractivity contribution in [3.63, 3.8) is 0 Å². The van der Waals surface area contributed by atoms with Crippen molar-refractivity contribution in [2.24, 2.45) is 0 Å². The molecule has 0 fully saturated rings. The lowest BCUT2D eigenvalue weighted by atomic mass is 10.3. The van der Waals surface area contributed by atoms with Gasteiger partial charge in [0.05, 0.1) is 17.2 Å². The van der Waals surface area contributed by atoms with Crippen LogP contribution in [0.25, 0.3) is 0 Å². The van der Waals surface area contributed by atoms with Gasteiger partial charge in [0.1, 0.15) is 0 Å². The summed E-state index contributed by atoms with van der Waals surface area (Å²) in [4.78, 5) is 44.0. The molecule has 1 aromatic rings. The number of ether oxygens (including phenoxy) is 2. The molecule has 0 heterocycles. The molecule has 0 aliphatic heterocycles. The smallest absolute Gasteiger partial charge is 0.331 e. The highest BCUT2D eigenvalue weighted by Gasteiger charge is 2.12. The summed E-state index contributed by atoms with van der Waals surface area (Å²) in [6.07, 6.45) is 1.73. The molecule has 0 aromatic heterocycles. The fourth-order valence-electron chi connectivity index (χ4n) is 1.42. The van der Waals surface area contributed by atoms with Crippen molar-refractivity contribution in [3.8, 4) is 0 Å². The van der Waals surface area contributed by atoms with Crippen LogP contribution in [0.5, 0.6) is 0 Å². The molecular weight excluding hydrogens is 388 g/mol. The number of nitro groups is 1. The molecule has 1 N–H and O–H groups in total. The fourth-order valence-corrected chi connectivity index (χ4v) is 1.88. The van der Waals surface area contributed by atoms with E-state index in [-0.39, 0.29) is 18.0 Å². The van der Waals surface area contributed by atoms with Crippen molar-refractivity contribution >= 4 is 45.2 Å². The summed E-state index contributed by atoms with van der Waals surface area (Å²) < 4.78 is 9.51. The summed E-state index contributed by atoms with van der Waals surface area (Å²) in [5, 5.41) is 13.0. The van der Waals surface area contributed by atoms with Crippen molar-refractivity contribution in [1.82, 2.24) is 0 Å². The summed E-state index contributed by atoms with van der Waals surface area (Å²) in [6, 6.07) is 3.78. The summed E-state index contributed by atoms with van der Waals surface area (Å²) in [5.74, 6) is -2.24. The number of anilines is 1. The van der Waals surface area contributed by atoms with Crippen LogP contribution in [0, 0.1) is 10.1 Å². The molecule has 0 radical (unpaired) electrons. The predicted octanol–water partition coefficient (Wildman–Crippen LogP) is 1.96. The SMILES string of the molecule is CCOC(=O)C=CC(=O)OCC(=O)Nc1ccc([N+](=O)[O-])cc1Br. The number of nitrogens with zero attached hydrogens (tertiary/aromatic N) is 1. The first-order chi connectivity index (χ1) is 11.3. The number of benzene rings is 1. The Labute approximate surface area is 144 Å². The zero-order valence-corrected chi connectivity index (χ0v) is 14.1. The Balaban J connectivity index is 2.51. The molecule has 0 atom stereocenters. The van der Waals surface area contributed by atoms with E-state index in [2.05, 4.69) is 30.7 Å². The number of hydrogen-bond acceptors (Lipinski definition) is 7. The lowest BCUT2D eigenvalue weighted by Gasteiger charge is -2.07. The summed E-state index contributed by atoms with van der Waals surface area (Å²) in [7, 11) is 0. The van der Waals surface area contributed by atoms with Gasteiger partial charge in [-0.3, -0.25) is 14.9 Å². The minimum Gasteiger partial charge on any atom is -0.463 e. The Kier molecular flexibility index (Phi) is 7.56. The van der Waals surface area contributed by atoms with E-state index < -0.39 is 29.4 Å². The van der Waals surface area contributed by atoms with Crippen LogP contribution in [0.1, 0.15) is 6.92 Å². The summed E-state index contributed by atoms with van der Waals surface area (Å²) >= 11 is 3.09. The van der Waals surface area contributed by atoms with Gasteiger partial charge in [0.15, 0.2) is 6.61 Å². The fraction of sp³-hybridized carbons (Fsp3) is 0.214. The maximum absolute atomic E-state index is 11.7. The first-order valence-corrected chi connectivity index (χ1v) is 7.38. The van der Waals surface area contributed by atoms with E-state index in [1.54, 1.807) is 6.92 Å². The second kappa shape index (κ2) is 9.40. The Hall–Kier alpha value is -2.75. The summed E-state index contributed by atoms with van der Waals surface area (Å²) in [6.45, 7) is 1.20. The standard InChI is InChI=1S/C14H13BrN2O7/c1-2-23-13(19)5-6-14(20)24-8-12(18)16-11-4-3-9(17(21)22)7-10(11)15/h3-7H,2,8H2,1H3,(H,16,18). The van der Waals surface area contributed by atoms with Gasteiger partial charge < -0.3 is 14.8 Å². The number of esters is 2. The number of carbonyl (C=O) groups excluding carboxylic acids is 3. The van der Waals surface area contributed by atoms with Crippen molar-refractivity contribution in [2.75, 3.05) is 18.5 Å². The van der Waals surface area contributed by atoms with Crippen LogP contribution < -0.4 is 5.32 Å². The molecule has 0 aliphatic carbocycles. The highest BCUT2D eigenvalue weighted by atomic mass is 79.9. The van der Waals surface area contributed by atoms with Crippen LogP contribution in [0.3, 0.4) is 0 Å². The molecule has 0 spiro atoms. The van der Waals surface area contributed by atoms with E-state index in [0.717, 1.165) is 12.2 Å². The molecule has 0 aliphatic rings. The zero-order chi connectivity index (χ0) is 18.1. The zero-order valence-electron chi connectivity index (χ0n) is 12.5. The highest BCUT2D eigenvalue weighted by molar-refractivity contribution is 9.10. The van der Waals surface area contributed by atoms with Crippen molar-refractivity contribution in [1.29, 1.82) is 0 Å². The van der Waals surface area contributed by atoms with Gasteiger partial charge in [-0.1, -0.05) is 0 Å². The first kappa shape index (κ1) is 19.3. The van der Waals surface area contributed by atoms with Crippen LogP contribution in [0.15, 0.2) is 34.8 Å². The number of amides is 1. The van der Waals surface area contributed by atoms with E-state index >= 15 is 0 Å². The number of nitrogens with one attached hydrogen (secondary N) is 1. The quantitative estimate of drug-likeness (QED) is 0.320. The van der Waals surface area contributed by atoms with Gasteiger partial charge in [-0.05, 0) is 28.9 Å². The molecule has 0 bridgehead atoms. The minimum absolute atomic E-state index is 0.143. The molecule has 0 unspecified atom stereocenters. The van der Waals surface area contributed by atoms with Gasteiger partial charge in [0.2, 0.25) is 0 Å². The first-order valence-electron chi connectivity index (χ1n) is 6.59. The monoisotopic (exact) mass is 400 g/mol.